The van der Waals surface area contributed by atoms with E-state index in [4.69, 9.17) is 9.47 Å². The van der Waals surface area contributed by atoms with Gasteiger partial charge in [0.1, 0.15) is 0 Å². The summed E-state index contributed by atoms with van der Waals surface area (Å²) in [5.41, 5.74) is 2.41. The molecule has 1 aliphatic heterocycles. The summed E-state index contributed by atoms with van der Waals surface area (Å²) in [6.45, 7) is 0.314. The molecule has 2 aromatic carbocycles. The Bertz CT molecular complexity index is 539. The zero-order chi connectivity index (χ0) is 12.4. The first-order valence-electron chi connectivity index (χ1n) is 6.00. The Balaban J connectivity index is 1.97. The van der Waals surface area contributed by atoms with Crippen LogP contribution in [0.5, 0.6) is 11.5 Å². The quantitative estimate of drug-likeness (QED) is 0.896. The third-order valence-electron chi connectivity index (χ3n) is 3.15. The zero-order valence-electron chi connectivity index (χ0n) is 10.2. The fraction of sp³-hybridized carbons (Fsp3) is 0.200. The van der Waals surface area contributed by atoms with Crippen LogP contribution in [-0.4, -0.2) is 13.8 Å². The highest BCUT2D eigenvalue weighted by Gasteiger charge is 2.17. The number of nitrogens with one attached hydrogen (secondary N) is 1. The largest absolute Gasteiger partial charge is 0.454 e. The number of ether oxygens (including phenoxy) is 2. The number of rotatable bonds is 3. The molecular formula is C15H15NO2. The Kier molecular flexibility index (Phi) is 2.90. The molecule has 92 valence electrons. The summed E-state index contributed by atoms with van der Waals surface area (Å²) in [6, 6.07) is 16.6. The van der Waals surface area contributed by atoms with Crippen LogP contribution in [0.3, 0.4) is 0 Å². The second-order valence-corrected chi connectivity index (χ2v) is 4.25. The normalized spacial score (nSPS) is 14.5. The van der Waals surface area contributed by atoms with Gasteiger partial charge in [0.2, 0.25) is 6.79 Å². The van der Waals surface area contributed by atoms with Crippen molar-refractivity contribution in [3.8, 4) is 11.5 Å². The average molecular weight is 241 g/mol. The summed E-state index contributed by atoms with van der Waals surface area (Å²) in [6.07, 6.45) is 0. The highest BCUT2D eigenvalue weighted by atomic mass is 16.7. The first-order chi connectivity index (χ1) is 8.88. The highest BCUT2D eigenvalue weighted by molar-refractivity contribution is 5.47. The topological polar surface area (TPSA) is 30.5 Å². The van der Waals surface area contributed by atoms with Gasteiger partial charge in [-0.1, -0.05) is 36.4 Å². The third kappa shape index (κ3) is 1.93. The van der Waals surface area contributed by atoms with E-state index < -0.39 is 0 Å². The van der Waals surface area contributed by atoms with E-state index in [-0.39, 0.29) is 6.04 Å². The minimum Gasteiger partial charge on any atom is -0.454 e. The molecule has 1 aliphatic rings. The van der Waals surface area contributed by atoms with Gasteiger partial charge in [-0.25, -0.2) is 0 Å². The molecule has 0 radical (unpaired) electrons. The van der Waals surface area contributed by atoms with Crippen molar-refractivity contribution in [3.05, 3.63) is 59.7 Å². The van der Waals surface area contributed by atoms with Crippen molar-refractivity contribution in [2.45, 2.75) is 6.04 Å². The lowest BCUT2D eigenvalue weighted by atomic mass is 9.98. The molecule has 1 N–H and O–H groups in total. The molecule has 0 aromatic heterocycles. The zero-order valence-corrected chi connectivity index (χ0v) is 10.2. The maximum Gasteiger partial charge on any atom is 0.231 e. The van der Waals surface area contributed by atoms with Gasteiger partial charge < -0.3 is 14.8 Å². The molecule has 1 heterocycles. The maximum absolute atomic E-state index is 5.42. The third-order valence-corrected chi connectivity index (χ3v) is 3.15. The van der Waals surface area contributed by atoms with E-state index in [0.29, 0.717) is 6.79 Å². The van der Waals surface area contributed by atoms with E-state index in [1.54, 1.807) is 0 Å². The predicted molar refractivity (Wildman–Crippen MR) is 69.9 cm³/mol. The van der Waals surface area contributed by atoms with Gasteiger partial charge in [-0.15, -0.1) is 0 Å². The van der Waals surface area contributed by atoms with E-state index in [1.807, 2.05) is 37.4 Å². The molecule has 0 aliphatic carbocycles. The van der Waals surface area contributed by atoms with Crippen molar-refractivity contribution in [1.82, 2.24) is 5.32 Å². The van der Waals surface area contributed by atoms with Crippen molar-refractivity contribution in [2.75, 3.05) is 13.8 Å². The lowest BCUT2D eigenvalue weighted by molar-refractivity contribution is 0.174. The molecule has 1 atom stereocenters. The molecule has 0 spiro atoms. The van der Waals surface area contributed by atoms with Crippen LogP contribution >= 0.6 is 0 Å². The second kappa shape index (κ2) is 4.70. The van der Waals surface area contributed by atoms with Crippen LogP contribution in [0.15, 0.2) is 48.5 Å². The highest BCUT2D eigenvalue weighted by Crippen LogP contribution is 2.35. The van der Waals surface area contributed by atoms with Gasteiger partial charge in [-0.05, 0) is 30.3 Å². The van der Waals surface area contributed by atoms with Crippen LogP contribution in [0.1, 0.15) is 17.2 Å². The number of hydrogen-bond donors (Lipinski definition) is 1. The van der Waals surface area contributed by atoms with Crippen LogP contribution in [-0.2, 0) is 0 Å². The molecule has 3 heteroatoms. The van der Waals surface area contributed by atoms with Crippen LogP contribution < -0.4 is 14.8 Å². The lowest BCUT2D eigenvalue weighted by Crippen LogP contribution is -2.17. The molecular weight excluding hydrogens is 226 g/mol. The summed E-state index contributed by atoms with van der Waals surface area (Å²) in [5.74, 6) is 1.64. The minimum atomic E-state index is 0.167. The number of fused-ring (bicyclic) bond motifs is 1. The monoisotopic (exact) mass is 241 g/mol. The summed E-state index contributed by atoms with van der Waals surface area (Å²) < 4.78 is 10.7. The Hall–Kier alpha value is -2.00. The molecule has 0 bridgehead atoms. The van der Waals surface area contributed by atoms with Crippen LogP contribution in [0.25, 0.3) is 0 Å². The molecule has 0 saturated carbocycles. The molecule has 0 fully saturated rings. The number of hydrogen-bond acceptors (Lipinski definition) is 3. The summed E-state index contributed by atoms with van der Waals surface area (Å²) in [7, 11) is 1.96. The molecule has 3 rings (SSSR count). The van der Waals surface area contributed by atoms with E-state index in [2.05, 4.69) is 23.5 Å². The van der Waals surface area contributed by atoms with Crippen molar-refractivity contribution in [2.24, 2.45) is 0 Å². The second-order valence-electron chi connectivity index (χ2n) is 4.25. The van der Waals surface area contributed by atoms with Gasteiger partial charge in [0.15, 0.2) is 11.5 Å². The first kappa shape index (κ1) is 11.1. The molecule has 3 nitrogen and oxygen atoms in total. The van der Waals surface area contributed by atoms with Gasteiger partial charge in [0, 0.05) is 0 Å². The van der Waals surface area contributed by atoms with Crippen LogP contribution in [0, 0.1) is 0 Å². The molecule has 0 saturated heterocycles. The summed E-state index contributed by atoms with van der Waals surface area (Å²) in [5, 5.41) is 3.33. The standard InChI is InChI=1S/C15H15NO2/c1-16-15(11-5-3-2-4-6-11)12-7-8-13-14(9-12)18-10-17-13/h2-9,15-16H,10H2,1H3. The van der Waals surface area contributed by atoms with E-state index >= 15 is 0 Å². The Morgan fingerprint density at radius 1 is 0.944 bits per heavy atom. The molecule has 1 unspecified atom stereocenters. The number of benzene rings is 2. The van der Waals surface area contributed by atoms with Gasteiger partial charge in [0.25, 0.3) is 0 Å². The molecule has 2 aromatic rings. The van der Waals surface area contributed by atoms with Gasteiger partial charge in [-0.3, -0.25) is 0 Å². The van der Waals surface area contributed by atoms with Crippen molar-refractivity contribution in [1.29, 1.82) is 0 Å². The lowest BCUT2D eigenvalue weighted by Gasteiger charge is -2.17. The summed E-state index contributed by atoms with van der Waals surface area (Å²) >= 11 is 0. The van der Waals surface area contributed by atoms with Gasteiger partial charge in [-0.2, -0.15) is 0 Å². The predicted octanol–water partition coefficient (Wildman–Crippen LogP) is 2.72. The average Bonchev–Trinajstić information content (AvgIpc) is 2.88. The Labute approximate surface area is 106 Å². The maximum atomic E-state index is 5.42. The van der Waals surface area contributed by atoms with E-state index in [0.717, 1.165) is 11.5 Å². The van der Waals surface area contributed by atoms with Crippen molar-refractivity contribution in [3.63, 3.8) is 0 Å². The van der Waals surface area contributed by atoms with Gasteiger partial charge >= 0.3 is 0 Å². The van der Waals surface area contributed by atoms with Crippen LogP contribution in [0.4, 0.5) is 0 Å². The smallest absolute Gasteiger partial charge is 0.231 e. The van der Waals surface area contributed by atoms with E-state index in [1.165, 1.54) is 11.1 Å². The fourth-order valence-electron chi connectivity index (χ4n) is 2.26. The van der Waals surface area contributed by atoms with Crippen molar-refractivity contribution >= 4 is 0 Å². The fourth-order valence-corrected chi connectivity index (χ4v) is 2.26. The summed E-state index contributed by atoms with van der Waals surface area (Å²) in [4.78, 5) is 0. The SMILES string of the molecule is CNC(c1ccccc1)c1ccc2c(c1)OCO2. The van der Waals surface area contributed by atoms with Crippen molar-refractivity contribution < 1.29 is 9.47 Å². The van der Waals surface area contributed by atoms with E-state index in [9.17, 15) is 0 Å². The first-order valence-corrected chi connectivity index (χ1v) is 6.00. The van der Waals surface area contributed by atoms with Crippen LogP contribution in [0.2, 0.25) is 0 Å². The van der Waals surface area contributed by atoms with Gasteiger partial charge in [0.05, 0.1) is 6.04 Å². The Morgan fingerprint density at radius 3 is 2.50 bits per heavy atom. The molecule has 18 heavy (non-hydrogen) atoms. The minimum absolute atomic E-state index is 0.167. The molecule has 0 amide bonds. The Morgan fingerprint density at radius 2 is 1.72 bits per heavy atom.